The largest absolute Gasteiger partial charge is 0.316 e. The Kier molecular flexibility index (Phi) is 4.66. The number of rotatable bonds is 3. The number of thioether (sulfide) groups is 1. The molecule has 1 saturated heterocycles. The van der Waals surface area contributed by atoms with Crippen molar-refractivity contribution in [1.82, 2.24) is 10.2 Å². The highest BCUT2D eigenvalue weighted by molar-refractivity contribution is 8.00. The van der Waals surface area contributed by atoms with Gasteiger partial charge in [0, 0.05) is 36.2 Å². The van der Waals surface area contributed by atoms with E-state index in [4.69, 9.17) is 0 Å². The molecule has 2 fully saturated rings. The Balaban J connectivity index is 1.97. The van der Waals surface area contributed by atoms with Crippen molar-refractivity contribution in [2.45, 2.75) is 57.9 Å². The molecular formula is C15H30N2S. The first-order chi connectivity index (χ1) is 8.45. The maximum atomic E-state index is 3.59. The molecule has 0 aromatic rings. The summed E-state index contributed by atoms with van der Waals surface area (Å²) in [6.07, 6.45) is 2.76. The van der Waals surface area contributed by atoms with Gasteiger partial charge in [-0.15, -0.1) is 0 Å². The normalized spacial score (nSPS) is 41.2. The lowest BCUT2D eigenvalue weighted by Crippen LogP contribution is -2.50. The van der Waals surface area contributed by atoms with Crippen molar-refractivity contribution in [1.29, 1.82) is 0 Å². The third-order valence-corrected chi connectivity index (χ3v) is 6.61. The van der Waals surface area contributed by atoms with Gasteiger partial charge in [0.2, 0.25) is 0 Å². The van der Waals surface area contributed by atoms with Crippen molar-refractivity contribution in [3.05, 3.63) is 0 Å². The van der Waals surface area contributed by atoms with Gasteiger partial charge in [-0.2, -0.15) is 11.8 Å². The van der Waals surface area contributed by atoms with E-state index in [0.29, 0.717) is 11.5 Å². The highest BCUT2D eigenvalue weighted by Crippen LogP contribution is 2.42. The number of nitrogens with zero attached hydrogens (tertiary/aromatic N) is 1. The predicted octanol–water partition coefficient (Wildman–Crippen LogP) is 2.84. The van der Waals surface area contributed by atoms with E-state index in [0.717, 1.165) is 17.2 Å². The minimum atomic E-state index is 0.471. The Morgan fingerprint density at radius 2 is 2.06 bits per heavy atom. The summed E-state index contributed by atoms with van der Waals surface area (Å²) in [7, 11) is 2.14. The van der Waals surface area contributed by atoms with E-state index in [1.807, 2.05) is 0 Å². The molecule has 1 saturated carbocycles. The van der Waals surface area contributed by atoms with E-state index >= 15 is 0 Å². The Morgan fingerprint density at radius 3 is 2.72 bits per heavy atom. The molecule has 0 aromatic heterocycles. The van der Waals surface area contributed by atoms with Crippen LogP contribution >= 0.6 is 11.8 Å². The quantitative estimate of drug-likeness (QED) is 0.849. The molecule has 4 unspecified atom stereocenters. The molecule has 2 nitrogen and oxygen atoms in total. The van der Waals surface area contributed by atoms with Crippen molar-refractivity contribution in [2.24, 2.45) is 11.3 Å². The van der Waals surface area contributed by atoms with Gasteiger partial charge < -0.3 is 5.32 Å². The summed E-state index contributed by atoms with van der Waals surface area (Å²) in [6.45, 7) is 12.2. The molecule has 2 rings (SSSR count). The molecule has 0 bridgehead atoms. The SMILES string of the molecule is CNC1C(CN2CCSC(C)C2C)CCC1(C)C. The van der Waals surface area contributed by atoms with Crippen LogP contribution in [0.5, 0.6) is 0 Å². The zero-order valence-electron chi connectivity index (χ0n) is 12.7. The van der Waals surface area contributed by atoms with Gasteiger partial charge in [-0.05, 0) is 38.1 Å². The second-order valence-electron chi connectivity index (χ2n) is 6.87. The Morgan fingerprint density at radius 1 is 1.33 bits per heavy atom. The monoisotopic (exact) mass is 270 g/mol. The average Bonchev–Trinajstić information content (AvgIpc) is 2.60. The van der Waals surface area contributed by atoms with Crippen molar-refractivity contribution in [3.63, 3.8) is 0 Å². The number of hydrogen-bond donors (Lipinski definition) is 1. The first-order valence-corrected chi connectivity index (χ1v) is 8.53. The minimum absolute atomic E-state index is 0.471. The molecule has 1 aliphatic heterocycles. The van der Waals surface area contributed by atoms with Crippen molar-refractivity contribution in [3.8, 4) is 0 Å². The van der Waals surface area contributed by atoms with Gasteiger partial charge in [-0.3, -0.25) is 4.90 Å². The van der Waals surface area contributed by atoms with Gasteiger partial charge in [-0.1, -0.05) is 20.8 Å². The van der Waals surface area contributed by atoms with Crippen molar-refractivity contribution in [2.75, 3.05) is 25.9 Å². The minimum Gasteiger partial charge on any atom is -0.316 e. The lowest BCUT2D eigenvalue weighted by molar-refractivity contribution is 0.155. The summed E-state index contributed by atoms with van der Waals surface area (Å²) < 4.78 is 0. The molecule has 1 heterocycles. The van der Waals surface area contributed by atoms with Crippen LogP contribution in [0.1, 0.15) is 40.5 Å². The zero-order valence-corrected chi connectivity index (χ0v) is 13.5. The number of nitrogens with one attached hydrogen (secondary N) is 1. The molecule has 3 heteroatoms. The molecule has 18 heavy (non-hydrogen) atoms. The fourth-order valence-corrected chi connectivity index (χ4v) is 5.06. The van der Waals surface area contributed by atoms with Crippen LogP contribution in [-0.2, 0) is 0 Å². The average molecular weight is 270 g/mol. The summed E-state index contributed by atoms with van der Waals surface area (Å²) in [6, 6.07) is 1.43. The van der Waals surface area contributed by atoms with E-state index in [9.17, 15) is 0 Å². The maximum Gasteiger partial charge on any atom is 0.0184 e. The van der Waals surface area contributed by atoms with Crippen LogP contribution < -0.4 is 5.32 Å². The van der Waals surface area contributed by atoms with Crippen LogP contribution in [0.2, 0.25) is 0 Å². The molecule has 0 radical (unpaired) electrons. The maximum absolute atomic E-state index is 3.59. The van der Waals surface area contributed by atoms with Crippen LogP contribution in [0.15, 0.2) is 0 Å². The second-order valence-corrected chi connectivity index (χ2v) is 8.35. The van der Waals surface area contributed by atoms with Gasteiger partial charge in [0.1, 0.15) is 0 Å². The lowest BCUT2D eigenvalue weighted by Gasteiger charge is -2.40. The third kappa shape index (κ3) is 2.88. The van der Waals surface area contributed by atoms with Gasteiger partial charge in [0.05, 0.1) is 0 Å². The Labute approximate surface area is 117 Å². The summed E-state index contributed by atoms with van der Waals surface area (Å²) in [5, 5.41) is 4.38. The first-order valence-electron chi connectivity index (χ1n) is 7.48. The third-order valence-electron chi connectivity index (χ3n) is 5.27. The van der Waals surface area contributed by atoms with Gasteiger partial charge >= 0.3 is 0 Å². The zero-order chi connectivity index (χ0) is 13.3. The van der Waals surface area contributed by atoms with Crippen LogP contribution in [0.25, 0.3) is 0 Å². The Bertz CT molecular complexity index is 280. The summed E-state index contributed by atoms with van der Waals surface area (Å²) in [4.78, 5) is 2.73. The molecule has 0 spiro atoms. The molecular weight excluding hydrogens is 240 g/mol. The van der Waals surface area contributed by atoms with Crippen molar-refractivity contribution >= 4 is 11.8 Å². The van der Waals surface area contributed by atoms with E-state index in [1.165, 1.54) is 31.7 Å². The van der Waals surface area contributed by atoms with Crippen LogP contribution in [0.3, 0.4) is 0 Å². The standard InChI is InChI=1S/C15H30N2S/c1-11-12(2)18-9-8-17(11)10-13-6-7-15(3,4)14(13)16-5/h11-14,16H,6-10H2,1-5H3. The lowest BCUT2D eigenvalue weighted by atomic mass is 9.84. The summed E-state index contributed by atoms with van der Waals surface area (Å²) in [5.74, 6) is 2.15. The van der Waals surface area contributed by atoms with Crippen LogP contribution in [0.4, 0.5) is 0 Å². The van der Waals surface area contributed by atoms with E-state index < -0.39 is 0 Å². The fraction of sp³-hybridized carbons (Fsp3) is 1.00. The molecule has 0 amide bonds. The molecule has 1 aliphatic carbocycles. The van der Waals surface area contributed by atoms with Gasteiger partial charge in [0.15, 0.2) is 0 Å². The molecule has 0 aromatic carbocycles. The highest BCUT2D eigenvalue weighted by atomic mass is 32.2. The van der Waals surface area contributed by atoms with E-state index in [2.05, 4.69) is 56.7 Å². The highest BCUT2D eigenvalue weighted by Gasteiger charge is 2.42. The topological polar surface area (TPSA) is 15.3 Å². The Hall–Kier alpha value is 0.270. The fourth-order valence-electron chi connectivity index (χ4n) is 3.90. The van der Waals surface area contributed by atoms with Gasteiger partial charge in [0.25, 0.3) is 0 Å². The molecule has 106 valence electrons. The first kappa shape index (κ1) is 14.7. The summed E-state index contributed by atoms with van der Waals surface area (Å²) in [5.41, 5.74) is 0.471. The second kappa shape index (κ2) is 5.72. The van der Waals surface area contributed by atoms with E-state index in [1.54, 1.807) is 0 Å². The molecule has 1 N–H and O–H groups in total. The molecule has 4 atom stereocenters. The number of hydrogen-bond acceptors (Lipinski definition) is 3. The van der Waals surface area contributed by atoms with Crippen LogP contribution in [0, 0.1) is 11.3 Å². The predicted molar refractivity (Wildman–Crippen MR) is 82.3 cm³/mol. The smallest absolute Gasteiger partial charge is 0.0184 e. The van der Waals surface area contributed by atoms with Crippen LogP contribution in [-0.4, -0.2) is 48.1 Å². The summed E-state index contributed by atoms with van der Waals surface area (Å²) >= 11 is 2.14. The van der Waals surface area contributed by atoms with Gasteiger partial charge in [-0.25, -0.2) is 0 Å². The van der Waals surface area contributed by atoms with Crippen molar-refractivity contribution < 1.29 is 0 Å². The molecule has 2 aliphatic rings. The van der Waals surface area contributed by atoms with E-state index in [-0.39, 0.29) is 0 Å².